The van der Waals surface area contributed by atoms with E-state index in [0.29, 0.717) is 38.1 Å². The van der Waals surface area contributed by atoms with Crippen LogP contribution in [-0.2, 0) is 39.3 Å². The molecule has 0 unspecified atom stereocenters. The minimum Gasteiger partial charge on any atom is -0.475 e. The smallest absolute Gasteiger partial charge is 0.475 e. The number of carbonyl (C=O) groups excluding carboxylic acids is 1. The fraction of sp³-hybridized carbons (Fsp3) is 0.607. The molecule has 12 nitrogen and oxygen atoms in total. The van der Waals surface area contributed by atoms with Gasteiger partial charge in [0, 0.05) is 70.8 Å². The van der Waals surface area contributed by atoms with Crippen molar-refractivity contribution in [2.45, 2.75) is 38.3 Å². The van der Waals surface area contributed by atoms with E-state index in [1.54, 1.807) is 0 Å². The molecule has 256 valence electrons. The Balaban J connectivity index is 0.000000345. The number of nitrogens with zero attached hydrogens (tertiary/aromatic N) is 6. The molecular formula is C28H36F6N6O6. The summed E-state index contributed by atoms with van der Waals surface area (Å²) >= 11 is 0. The summed E-state index contributed by atoms with van der Waals surface area (Å²) in [5.41, 5.74) is 2.01. The Labute approximate surface area is 260 Å². The molecule has 3 saturated heterocycles. The maximum absolute atomic E-state index is 14.0. The molecular weight excluding hydrogens is 630 g/mol. The predicted octanol–water partition coefficient (Wildman–Crippen LogP) is 2.65. The lowest BCUT2D eigenvalue weighted by atomic mass is 9.73. The Hall–Kier alpha value is -3.77. The van der Waals surface area contributed by atoms with Gasteiger partial charge in [0.25, 0.3) is 0 Å². The summed E-state index contributed by atoms with van der Waals surface area (Å²) in [6.45, 7) is 8.18. The van der Waals surface area contributed by atoms with Gasteiger partial charge in [-0.2, -0.15) is 31.4 Å². The fourth-order valence-electron chi connectivity index (χ4n) is 5.84. The van der Waals surface area contributed by atoms with E-state index in [2.05, 4.69) is 43.1 Å². The lowest BCUT2D eigenvalue weighted by Gasteiger charge is -2.39. The molecule has 0 spiro atoms. The first-order chi connectivity index (χ1) is 21.5. The summed E-state index contributed by atoms with van der Waals surface area (Å²) in [7, 11) is 1.95. The molecule has 0 bridgehead atoms. The van der Waals surface area contributed by atoms with E-state index in [1.165, 1.54) is 5.56 Å². The highest BCUT2D eigenvalue weighted by Gasteiger charge is 2.54. The number of carbonyl (C=O) groups is 3. The number of aryl methyl sites for hydroxylation is 1. The second-order valence-corrected chi connectivity index (χ2v) is 11.2. The highest BCUT2D eigenvalue weighted by Crippen LogP contribution is 2.45. The van der Waals surface area contributed by atoms with Crippen LogP contribution in [0.15, 0.2) is 36.8 Å². The zero-order chi connectivity index (χ0) is 34.1. The lowest BCUT2D eigenvalue weighted by Crippen LogP contribution is -2.52. The molecule has 3 aliphatic heterocycles. The molecule has 2 N–H and O–H groups in total. The van der Waals surface area contributed by atoms with E-state index < -0.39 is 24.3 Å². The number of morpholine rings is 1. The Bertz CT molecular complexity index is 1280. The molecule has 0 saturated carbocycles. The molecule has 2 aromatic rings. The monoisotopic (exact) mass is 666 g/mol. The molecule has 0 aromatic carbocycles. The molecule has 0 aliphatic carbocycles. The van der Waals surface area contributed by atoms with Gasteiger partial charge in [-0.25, -0.2) is 9.59 Å². The van der Waals surface area contributed by atoms with Crippen LogP contribution in [-0.4, -0.2) is 122 Å². The van der Waals surface area contributed by atoms with Crippen molar-refractivity contribution in [3.8, 4) is 0 Å². The molecule has 5 rings (SSSR count). The second-order valence-electron chi connectivity index (χ2n) is 11.2. The number of aromatic nitrogens is 3. The first-order valence-electron chi connectivity index (χ1n) is 14.3. The fourth-order valence-corrected chi connectivity index (χ4v) is 5.84. The number of carboxylic acid groups (broad SMARTS) is 2. The van der Waals surface area contributed by atoms with Crippen molar-refractivity contribution in [3.05, 3.63) is 48.0 Å². The summed E-state index contributed by atoms with van der Waals surface area (Å²) < 4.78 is 70.9. The van der Waals surface area contributed by atoms with Crippen LogP contribution < -0.4 is 0 Å². The van der Waals surface area contributed by atoms with Gasteiger partial charge in [-0.3, -0.25) is 24.3 Å². The molecule has 1 amide bonds. The molecule has 0 radical (unpaired) electrons. The van der Waals surface area contributed by atoms with Gasteiger partial charge in [0.05, 0.1) is 30.5 Å². The summed E-state index contributed by atoms with van der Waals surface area (Å²) in [4.78, 5) is 43.4. The highest BCUT2D eigenvalue weighted by atomic mass is 19.4. The number of halogens is 6. The Morgan fingerprint density at radius 1 is 0.957 bits per heavy atom. The number of ether oxygens (including phenoxy) is 1. The van der Waals surface area contributed by atoms with Crippen LogP contribution in [0.3, 0.4) is 0 Å². The van der Waals surface area contributed by atoms with Gasteiger partial charge >= 0.3 is 24.3 Å². The molecule has 2 atom stereocenters. The van der Waals surface area contributed by atoms with Crippen molar-refractivity contribution in [3.63, 3.8) is 0 Å². The third kappa shape index (κ3) is 10.4. The maximum atomic E-state index is 14.0. The van der Waals surface area contributed by atoms with Crippen molar-refractivity contribution in [2.75, 3.05) is 52.5 Å². The number of fused-ring (bicyclic) bond motifs is 1. The largest absolute Gasteiger partial charge is 0.490 e. The zero-order valence-electron chi connectivity index (χ0n) is 25.0. The average Bonchev–Trinajstić information content (AvgIpc) is 3.50. The standard InChI is InChI=1S/C24H34N6O2.2C2HF3O2/c1-27-14-20(13-26-27)15-29-17-21-16-28(18-22-5-2-3-7-25-22)8-4-6-24(21,19-29)23(31)30-9-11-32-12-10-30;2*3-2(4,5)1(6)7/h2-3,5,7,13-14,21H,4,6,8-12,15-19H2,1H3;2*(H,6,7)/t21-,24-;;/m0../s1. The van der Waals surface area contributed by atoms with Crippen molar-refractivity contribution in [2.24, 2.45) is 18.4 Å². The van der Waals surface area contributed by atoms with Crippen LogP contribution in [0.25, 0.3) is 0 Å². The lowest BCUT2D eigenvalue weighted by molar-refractivity contribution is -0.193. The van der Waals surface area contributed by atoms with Crippen LogP contribution in [0.4, 0.5) is 26.3 Å². The number of alkyl halides is 6. The molecule has 2 aromatic heterocycles. The van der Waals surface area contributed by atoms with Gasteiger partial charge in [0.2, 0.25) is 5.91 Å². The second kappa shape index (κ2) is 15.7. The Morgan fingerprint density at radius 2 is 1.57 bits per heavy atom. The topological polar surface area (TPSA) is 141 Å². The van der Waals surface area contributed by atoms with Crippen LogP contribution in [0.2, 0.25) is 0 Å². The van der Waals surface area contributed by atoms with Crippen LogP contribution >= 0.6 is 0 Å². The van der Waals surface area contributed by atoms with Gasteiger partial charge in [-0.05, 0) is 37.4 Å². The van der Waals surface area contributed by atoms with Gasteiger partial charge in [0.15, 0.2) is 0 Å². The minimum atomic E-state index is -5.08. The van der Waals surface area contributed by atoms with E-state index >= 15 is 0 Å². The number of aliphatic carboxylic acids is 2. The van der Waals surface area contributed by atoms with E-state index in [4.69, 9.17) is 24.5 Å². The summed E-state index contributed by atoms with van der Waals surface area (Å²) in [5, 5.41) is 18.6. The van der Waals surface area contributed by atoms with Crippen molar-refractivity contribution in [1.82, 2.24) is 29.5 Å². The molecule has 5 heterocycles. The SMILES string of the molecule is Cn1cc(CN2C[C@@H]3CN(Cc4ccccn4)CCC[C@]3(C(=O)N3CCOCC3)C2)cn1.O=C(O)C(F)(F)F.O=C(O)C(F)(F)F. The summed E-state index contributed by atoms with van der Waals surface area (Å²) in [6, 6.07) is 6.11. The predicted molar refractivity (Wildman–Crippen MR) is 148 cm³/mol. The van der Waals surface area contributed by atoms with Crippen LogP contribution in [0.1, 0.15) is 24.1 Å². The number of likely N-dealkylation sites (tertiary alicyclic amines) is 2. The van der Waals surface area contributed by atoms with Crippen LogP contribution in [0, 0.1) is 11.3 Å². The molecule has 3 fully saturated rings. The quantitative estimate of drug-likeness (QED) is 0.458. The first-order valence-corrected chi connectivity index (χ1v) is 14.3. The Morgan fingerprint density at radius 3 is 2.09 bits per heavy atom. The van der Waals surface area contributed by atoms with Gasteiger partial charge in [-0.15, -0.1) is 0 Å². The van der Waals surface area contributed by atoms with E-state index in [1.807, 2.05) is 30.2 Å². The third-order valence-corrected chi connectivity index (χ3v) is 7.83. The first kappa shape index (κ1) is 36.7. The van der Waals surface area contributed by atoms with Gasteiger partial charge in [0.1, 0.15) is 0 Å². The maximum Gasteiger partial charge on any atom is 0.490 e. The van der Waals surface area contributed by atoms with E-state index in [0.717, 1.165) is 57.8 Å². The summed E-state index contributed by atoms with van der Waals surface area (Å²) in [5.74, 6) is -4.85. The number of carboxylic acids is 2. The summed E-state index contributed by atoms with van der Waals surface area (Å²) in [6.07, 6.45) is -2.28. The molecule has 3 aliphatic rings. The number of rotatable bonds is 5. The minimum absolute atomic E-state index is 0.307. The average molecular weight is 667 g/mol. The third-order valence-electron chi connectivity index (χ3n) is 7.83. The van der Waals surface area contributed by atoms with Crippen molar-refractivity contribution >= 4 is 17.8 Å². The molecule has 46 heavy (non-hydrogen) atoms. The highest BCUT2D eigenvalue weighted by molar-refractivity contribution is 5.84. The number of pyridine rings is 1. The van der Waals surface area contributed by atoms with Crippen molar-refractivity contribution < 1.29 is 55.7 Å². The van der Waals surface area contributed by atoms with Crippen LogP contribution in [0.5, 0.6) is 0 Å². The van der Waals surface area contributed by atoms with E-state index in [9.17, 15) is 31.1 Å². The number of hydrogen-bond acceptors (Lipinski definition) is 8. The van der Waals surface area contributed by atoms with E-state index in [-0.39, 0.29) is 5.41 Å². The zero-order valence-corrected chi connectivity index (χ0v) is 25.0. The van der Waals surface area contributed by atoms with Gasteiger partial charge < -0.3 is 19.8 Å². The van der Waals surface area contributed by atoms with Gasteiger partial charge in [-0.1, -0.05) is 6.07 Å². The Kier molecular flexibility index (Phi) is 12.5. The molecule has 18 heteroatoms. The van der Waals surface area contributed by atoms with Crippen molar-refractivity contribution in [1.29, 1.82) is 0 Å². The number of amides is 1. The number of hydrogen-bond donors (Lipinski definition) is 2. The normalized spacial score (nSPS) is 22.4.